The van der Waals surface area contributed by atoms with Crippen LogP contribution in [0.4, 0.5) is 11.4 Å². The Kier molecular flexibility index (Phi) is 7.45. The van der Waals surface area contributed by atoms with Crippen LogP contribution < -0.4 is 14.1 Å². The van der Waals surface area contributed by atoms with E-state index in [1.807, 2.05) is 0 Å². The van der Waals surface area contributed by atoms with Crippen molar-refractivity contribution < 1.29 is 33.0 Å². The molecule has 0 aliphatic heterocycles. The molecule has 13 heteroatoms. The average Bonchev–Trinajstić information content (AvgIpc) is 2.67. The van der Waals surface area contributed by atoms with Crippen molar-refractivity contribution in [2.24, 2.45) is 0 Å². The fourth-order valence-electron chi connectivity index (χ4n) is 2.08. The first-order valence-corrected chi connectivity index (χ1v) is 10.0. The van der Waals surface area contributed by atoms with E-state index in [1.54, 1.807) is 13.8 Å². The molecule has 1 N–H and O–H groups in total. The SMILES string of the molecule is CC(C)OC(=O)CNP(=O)(Oc1ccc([N+](=O)[O-])cc1)Oc1ccc([N+](=O)[O-])cc1. The number of nitro benzene ring substituents is 2. The minimum atomic E-state index is -4.23. The van der Waals surface area contributed by atoms with Crippen molar-refractivity contribution >= 4 is 25.1 Å². The molecule has 0 atom stereocenters. The Bertz CT molecular complexity index is 898. The summed E-state index contributed by atoms with van der Waals surface area (Å²) in [4.78, 5) is 32.1. The number of hydrogen-bond acceptors (Lipinski definition) is 9. The first kappa shape index (κ1) is 22.8. The van der Waals surface area contributed by atoms with Crippen molar-refractivity contribution in [2.75, 3.05) is 6.54 Å². The smallest absolute Gasteiger partial charge is 0.462 e. The Hall–Kier alpha value is -3.50. The van der Waals surface area contributed by atoms with Crippen molar-refractivity contribution in [3.05, 3.63) is 68.8 Å². The van der Waals surface area contributed by atoms with Crippen LogP contribution in [0.25, 0.3) is 0 Å². The van der Waals surface area contributed by atoms with Gasteiger partial charge in [-0.3, -0.25) is 25.0 Å². The number of benzene rings is 2. The lowest BCUT2D eigenvalue weighted by Gasteiger charge is -2.20. The monoisotopic (exact) mass is 439 g/mol. The third-order valence-electron chi connectivity index (χ3n) is 3.33. The van der Waals surface area contributed by atoms with E-state index < -0.39 is 36.2 Å². The van der Waals surface area contributed by atoms with Gasteiger partial charge in [-0.15, -0.1) is 0 Å². The standard InChI is InChI=1S/C17H18N3O9P/c1-12(2)27-17(21)11-18-30(26,28-15-7-3-13(4-8-15)19(22)23)29-16-9-5-14(6-10-16)20(24)25/h3-10,12H,11H2,1-2H3,(H,18,26). The number of ether oxygens (including phenoxy) is 1. The first-order chi connectivity index (χ1) is 14.1. The van der Waals surface area contributed by atoms with E-state index in [4.69, 9.17) is 13.8 Å². The van der Waals surface area contributed by atoms with Crippen LogP contribution in [-0.2, 0) is 14.1 Å². The second-order valence-electron chi connectivity index (χ2n) is 6.06. The summed E-state index contributed by atoms with van der Waals surface area (Å²) in [5, 5.41) is 23.8. The number of carbonyl (C=O) groups excluding carboxylic acids is 1. The molecule has 0 saturated heterocycles. The maximum absolute atomic E-state index is 13.1. The number of nitrogens with one attached hydrogen (secondary N) is 1. The number of esters is 1. The van der Waals surface area contributed by atoms with Crippen molar-refractivity contribution in [3.8, 4) is 11.5 Å². The summed E-state index contributed by atoms with van der Waals surface area (Å²) in [7, 11) is -4.23. The molecule has 0 fully saturated rings. The summed E-state index contributed by atoms with van der Waals surface area (Å²) in [6.45, 7) is 2.76. The average molecular weight is 439 g/mol. The molecule has 160 valence electrons. The van der Waals surface area contributed by atoms with Crippen LogP contribution in [0.2, 0.25) is 0 Å². The maximum Gasteiger partial charge on any atom is 0.513 e. The van der Waals surface area contributed by atoms with Crippen LogP contribution in [0.1, 0.15) is 13.8 Å². The van der Waals surface area contributed by atoms with Gasteiger partial charge < -0.3 is 13.8 Å². The predicted octanol–water partition coefficient (Wildman–Crippen LogP) is 3.61. The Labute approximate surface area is 170 Å². The molecule has 12 nitrogen and oxygen atoms in total. The highest BCUT2D eigenvalue weighted by Gasteiger charge is 2.30. The minimum absolute atomic E-state index is 0.0319. The van der Waals surface area contributed by atoms with Crippen molar-refractivity contribution in [1.82, 2.24) is 5.09 Å². The van der Waals surface area contributed by atoms with E-state index in [2.05, 4.69) is 5.09 Å². The van der Waals surface area contributed by atoms with Gasteiger partial charge in [0.1, 0.15) is 18.0 Å². The second-order valence-corrected chi connectivity index (χ2v) is 7.73. The lowest BCUT2D eigenvalue weighted by atomic mass is 10.3. The molecule has 0 radical (unpaired) electrons. The molecule has 0 aliphatic carbocycles. The van der Waals surface area contributed by atoms with Gasteiger partial charge in [0.2, 0.25) is 0 Å². The summed E-state index contributed by atoms with van der Waals surface area (Å²) in [6, 6.07) is 9.38. The zero-order valence-corrected chi connectivity index (χ0v) is 16.8. The molecule has 30 heavy (non-hydrogen) atoms. The van der Waals surface area contributed by atoms with Gasteiger partial charge in [-0.05, 0) is 38.1 Å². The van der Waals surface area contributed by atoms with Crippen LogP contribution in [0, 0.1) is 20.2 Å². The number of rotatable bonds is 10. The van der Waals surface area contributed by atoms with Crippen LogP contribution >= 0.6 is 7.75 Å². The molecule has 2 aromatic carbocycles. The minimum Gasteiger partial charge on any atom is -0.462 e. The number of nitro groups is 2. The van der Waals surface area contributed by atoms with Crippen molar-refractivity contribution in [2.45, 2.75) is 20.0 Å². The molecule has 0 saturated carbocycles. The van der Waals surface area contributed by atoms with E-state index in [0.717, 1.165) is 24.3 Å². The second kappa shape index (κ2) is 9.81. The largest absolute Gasteiger partial charge is 0.513 e. The number of non-ortho nitro benzene ring substituents is 2. The molecule has 2 rings (SSSR count). The molecule has 0 spiro atoms. The van der Waals surface area contributed by atoms with Crippen molar-refractivity contribution in [3.63, 3.8) is 0 Å². The van der Waals surface area contributed by atoms with Crippen LogP contribution in [0.5, 0.6) is 11.5 Å². The zero-order chi connectivity index (χ0) is 22.3. The van der Waals surface area contributed by atoms with Gasteiger partial charge in [-0.25, -0.2) is 4.57 Å². The summed E-state index contributed by atoms with van der Waals surface area (Å²) in [6.07, 6.45) is -0.398. The van der Waals surface area contributed by atoms with E-state index in [1.165, 1.54) is 24.3 Å². The molecule has 2 aromatic rings. The molecule has 0 aromatic heterocycles. The lowest BCUT2D eigenvalue weighted by molar-refractivity contribution is -0.385. The number of carbonyl (C=O) groups is 1. The lowest BCUT2D eigenvalue weighted by Crippen LogP contribution is -2.28. The van der Waals surface area contributed by atoms with Gasteiger partial charge in [0.05, 0.1) is 16.0 Å². The summed E-state index contributed by atoms with van der Waals surface area (Å²) in [5.74, 6) is -0.782. The van der Waals surface area contributed by atoms with Gasteiger partial charge in [0.25, 0.3) is 11.4 Å². The van der Waals surface area contributed by atoms with Crippen molar-refractivity contribution in [1.29, 1.82) is 0 Å². The van der Waals surface area contributed by atoms with Crippen LogP contribution in [0.15, 0.2) is 48.5 Å². The first-order valence-electron chi connectivity index (χ1n) is 8.51. The summed E-state index contributed by atoms with van der Waals surface area (Å²) < 4.78 is 28.8. The molecule has 0 bridgehead atoms. The summed E-state index contributed by atoms with van der Waals surface area (Å²) in [5.41, 5.74) is -0.413. The molecule has 0 aliphatic rings. The van der Waals surface area contributed by atoms with Crippen LogP contribution in [0.3, 0.4) is 0 Å². The molecular weight excluding hydrogens is 421 g/mol. The Morgan fingerprint density at radius 3 is 1.67 bits per heavy atom. The fourth-order valence-corrected chi connectivity index (χ4v) is 3.37. The fraction of sp³-hybridized carbons (Fsp3) is 0.235. The van der Waals surface area contributed by atoms with Gasteiger partial charge in [-0.2, -0.15) is 5.09 Å². The number of nitrogens with zero attached hydrogens (tertiary/aromatic N) is 2. The Balaban J connectivity index is 2.21. The van der Waals surface area contributed by atoms with E-state index in [0.29, 0.717) is 0 Å². The predicted molar refractivity (Wildman–Crippen MR) is 104 cm³/mol. The van der Waals surface area contributed by atoms with Gasteiger partial charge in [-0.1, -0.05) is 0 Å². The topological polar surface area (TPSA) is 160 Å². The highest BCUT2D eigenvalue weighted by molar-refractivity contribution is 7.52. The van der Waals surface area contributed by atoms with Gasteiger partial charge >= 0.3 is 13.7 Å². The maximum atomic E-state index is 13.1. The Morgan fingerprint density at radius 2 is 1.33 bits per heavy atom. The quantitative estimate of drug-likeness (QED) is 0.251. The zero-order valence-electron chi connectivity index (χ0n) is 15.9. The van der Waals surface area contributed by atoms with E-state index in [9.17, 15) is 29.6 Å². The third-order valence-corrected chi connectivity index (χ3v) is 4.78. The van der Waals surface area contributed by atoms with Crippen LogP contribution in [-0.4, -0.2) is 28.5 Å². The van der Waals surface area contributed by atoms with E-state index >= 15 is 0 Å². The molecule has 0 unspecified atom stereocenters. The molecular formula is C17H18N3O9P. The van der Waals surface area contributed by atoms with Gasteiger partial charge in [0.15, 0.2) is 0 Å². The normalized spacial score (nSPS) is 11.0. The van der Waals surface area contributed by atoms with Gasteiger partial charge in [0, 0.05) is 24.3 Å². The molecule has 0 amide bonds. The number of hydrogen-bond donors (Lipinski definition) is 1. The highest BCUT2D eigenvalue weighted by Crippen LogP contribution is 2.45. The molecule has 0 heterocycles. The van der Waals surface area contributed by atoms with E-state index in [-0.39, 0.29) is 22.9 Å². The Morgan fingerprint density at radius 1 is 0.933 bits per heavy atom. The third kappa shape index (κ3) is 6.83. The highest BCUT2D eigenvalue weighted by atomic mass is 31.2. The summed E-state index contributed by atoms with van der Waals surface area (Å²) >= 11 is 0.